The Morgan fingerprint density at radius 3 is 1.95 bits per heavy atom. The van der Waals surface area contributed by atoms with Gasteiger partial charge < -0.3 is 13.7 Å². The molecule has 0 aliphatic heterocycles. The van der Waals surface area contributed by atoms with Crippen molar-refractivity contribution in [2.24, 2.45) is 0 Å². The zero-order chi connectivity index (χ0) is 28.3. The van der Waals surface area contributed by atoms with Crippen molar-refractivity contribution in [2.45, 2.75) is 0 Å². The van der Waals surface area contributed by atoms with Gasteiger partial charge >= 0.3 is 0 Å². The molecule has 0 saturated carbocycles. The predicted molar refractivity (Wildman–Crippen MR) is 179 cm³/mol. The first-order chi connectivity index (χ1) is 21.3. The Balaban J connectivity index is 1.27. The molecular weight excluding hydrogens is 526 g/mol. The summed E-state index contributed by atoms with van der Waals surface area (Å²) in [4.78, 5) is 2.30. The van der Waals surface area contributed by atoms with Gasteiger partial charge in [0.1, 0.15) is 22.3 Å². The lowest BCUT2D eigenvalue weighted by Crippen LogP contribution is -2.09. The van der Waals surface area contributed by atoms with Gasteiger partial charge in [0.15, 0.2) is 0 Å². The number of anilines is 3. The van der Waals surface area contributed by atoms with Crippen LogP contribution in [0.4, 0.5) is 17.1 Å². The lowest BCUT2D eigenvalue weighted by molar-refractivity contribution is 0.669. The Morgan fingerprint density at radius 2 is 1.02 bits per heavy atom. The van der Waals surface area contributed by atoms with Crippen molar-refractivity contribution >= 4 is 71.7 Å². The Hall–Kier alpha value is -5.80. The molecule has 9 rings (SSSR count). The van der Waals surface area contributed by atoms with Crippen LogP contribution in [0, 0.1) is 0 Å². The van der Waals surface area contributed by atoms with E-state index >= 15 is 0 Å². The largest absolute Gasteiger partial charge is 0.456 e. The molecule has 202 valence electrons. The highest BCUT2D eigenvalue weighted by Gasteiger charge is 2.18. The monoisotopic (exact) mass is 551 g/mol. The lowest BCUT2D eigenvalue weighted by atomic mass is 10.0. The summed E-state index contributed by atoms with van der Waals surface area (Å²) in [5, 5.41) is 6.74. The fraction of sp³-hybridized carbons (Fsp3) is 0. The minimum absolute atomic E-state index is 0.865. The van der Waals surface area contributed by atoms with E-state index in [1.54, 1.807) is 0 Å². The minimum atomic E-state index is 0.865. The van der Waals surface area contributed by atoms with Crippen LogP contribution in [0.5, 0.6) is 0 Å². The molecule has 0 saturated heterocycles. The Labute approximate surface area is 247 Å². The molecule has 0 aliphatic rings. The molecule has 0 bridgehead atoms. The van der Waals surface area contributed by atoms with E-state index in [0.717, 1.165) is 71.9 Å². The van der Waals surface area contributed by atoms with Gasteiger partial charge in [-0.1, -0.05) is 91.0 Å². The zero-order valence-electron chi connectivity index (χ0n) is 23.2. The number of fused-ring (bicyclic) bond motifs is 8. The quantitative estimate of drug-likeness (QED) is 0.218. The maximum Gasteiger partial charge on any atom is 0.143 e. The zero-order valence-corrected chi connectivity index (χ0v) is 23.2. The maximum atomic E-state index is 6.45. The van der Waals surface area contributed by atoms with E-state index in [1.807, 2.05) is 12.1 Å². The first-order valence-electron chi connectivity index (χ1n) is 14.5. The van der Waals surface area contributed by atoms with E-state index in [-0.39, 0.29) is 0 Å². The van der Waals surface area contributed by atoms with Gasteiger partial charge in [-0.2, -0.15) is 0 Å². The number of hydrogen-bond acceptors (Lipinski definition) is 3. The van der Waals surface area contributed by atoms with E-state index in [2.05, 4.69) is 144 Å². The molecule has 3 nitrogen and oxygen atoms in total. The molecule has 3 heteroatoms. The van der Waals surface area contributed by atoms with Crippen molar-refractivity contribution in [3.63, 3.8) is 0 Å². The molecule has 2 heterocycles. The minimum Gasteiger partial charge on any atom is -0.456 e. The first-order valence-corrected chi connectivity index (χ1v) is 14.5. The van der Waals surface area contributed by atoms with E-state index < -0.39 is 0 Å². The van der Waals surface area contributed by atoms with Crippen LogP contribution in [-0.4, -0.2) is 0 Å². The molecule has 0 N–H and O–H groups in total. The number of hydrogen-bond donors (Lipinski definition) is 0. The third-order valence-corrected chi connectivity index (χ3v) is 8.44. The van der Waals surface area contributed by atoms with Crippen molar-refractivity contribution in [3.05, 3.63) is 152 Å². The molecule has 43 heavy (non-hydrogen) atoms. The summed E-state index contributed by atoms with van der Waals surface area (Å²) in [7, 11) is 0. The average Bonchev–Trinajstić information content (AvgIpc) is 3.63. The molecule has 0 unspecified atom stereocenters. The SMILES string of the molecule is c1ccc(-c2cccc(N(c3ccc4c(c3)oc3ccccc34)c3ccc4oc5c6ccccc6ccc5c4c3)c2)cc1. The second-order valence-electron chi connectivity index (χ2n) is 11.0. The Kier molecular flexibility index (Phi) is 5.20. The lowest BCUT2D eigenvalue weighted by Gasteiger charge is -2.26. The smallest absolute Gasteiger partial charge is 0.143 e. The highest BCUT2D eigenvalue weighted by molar-refractivity contribution is 6.15. The van der Waals surface area contributed by atoms with Crippen LogP contribution in [0.3, 0.4) is 0 Å². The molecule has 9 aromatic rings. The molecule has 0 fully saturated rings. The van der Waals surface area contributed by atoms with Crippen molar-refractivity contribution in [1.29, 1.82) is 0 Å². The van der Waals surface area contributed by atoms with Crippen LogP contribution in [0.2, 0.25) is 0 Å². The summed E-state index contributed by atoms with van der Waals surface area (Å²) >= 11 is 0. The fourth-order valence-corrected chi connectivity index (χ4v) is 6.39. The van der Waals surface area contributed by atoms with Gasteiger partial charge in [0, 0.05) is 50.1 Å². The molecule has 0 atom stereocenters. The third kappa shape index (κ3) is 3.83. The van der Waals surface area contributed by atoms with Gasteiger partial charge in [0.2, 0.25) is 0 Å². The van der Waals surface area contributed by atoms with E-state index in [9.17, 15) is 0 Å². The second-order valence-corrected chi connectivity index (χ2v) is 11.0. The van der Waals surface area contributed by atoms with Crippen LogP contribution < -0.4 is 4.90 Å². The van der Waals surface area contributed by atoms with Gasteiger partial charge in [-0.05, 0) is 71.1 Å². The predicted octanol–water partition coefficient (Wildman–Crippen LogP) is 11.8. The highest BCUT2D eigenvalue weighted by atomic mass is 16.3. The molecule has 7 aromatic carbocycles. The van der Waals surface area contributed by atoms with Crippen molar-refractivity contribution in [2.75, 3.05) is 4.90 Å². The van der Waals surface area contributed by atoms with Gasteiger partial charge in [-0.25, -0.2) is 0 Å². The van der Waals surface area contributed by atoms with Gasteiger partial charge in [-0.15, -0.1) is 0 Å². The number of para-hydroxylation sites is 1. The molecular formula is C40H25NO2. The second kappa shape index (κ2) is 9.37. The summed E-state index contributed by atoms with van der Waals surface area (Å²) in [6.07, 6.45) is 0. The number of furan rings is 2. The third-order valence-electron chi connectivity index (χ3n) is 8.44. The molecule has 0 radical (unpaired) electrons. The number of benzene rings is 7. The Morgan fingerprint density at radius 1 is 0.349 bits per heavy atom. The van der Waals surface area contributed by atoms with Crippen molar-refractivity contribution in [3.8, 4) is 11.1 Å². The highest BCUT2D eigenvalue weighted by Crippen LogP contribution is 2.42. The van der Waals surface area contributed by atoms with Gasteiger partial charge in [0.05, 0.1) is 0 Å². The number of nitrogens with zero attached hydrogens (tertiary/aromatic N) is 1. The van der Waals surface area contributed by atoms with E-state index in [4.69, 9.17) is 8.83 Å². The summed E-state index contributed by atoms with van der Waals surface area (Å²) in [5.74, 6) is 0. The van der Waals surface area contributed by atoms with Crippen LogP contribution in [-0.2, 0) is 0 Å². The molecule has 0 aliphatic carbocycles. The first kappa shape index (κ1) is 23.9. The Bertz CT molecular complexity index is 2470. The standard InChI is InChI=1S/C40H25NO2/c1-2-9-26(10-3-1)28-12-8-13-29(23-28)41(31-18-21-34-33-15-6-7-16-37(33)42-39(34)25-31)30-19-22-38-36(24-30)35-20-17-27-11-4-5-14-32(27)40(35)43-38/h1-25H. The maximum absolute atomic E-state index is 6.45. The van der Waals surface area contributed by atoms with Gasteiger partial charge in [0.25, 0.3) is 0 Å². The fourth-order valence-electron chi connectivity index (χ4n) is 6.39. The molecule has 0 amide bonds. The normalized spacial score (nSPS) is 11.7. The van der Waals surface area contributed by atoms with Crippen LogP contribution in [0.25, 0.3) is 65.8 Å². The summed E-state index contributed by atoms with van der Waals surface area (Å²) in [6.45, 7) is 0. The van der Waals surface area contributed by atoms with Crippen LogP contribution >= 0.6 is 0 Å². The summed E-state index contributed by atoms with van der Waals surface area (Å²) in [5.41, 5.74) is 9.03. The van der Waals surface area contributed by atoms with Crippen LogP contribution in [0.1, 0.15) is 0 Å². The summed E-state index contributed by atoms with van der Waals surface area (Å²) < 4.78 is 12.8. The van der Waals surface area contributed by atoms with E-state index in [1.165, 1.54) is 10.9 Å². The molecule has 0 spiro atoms. The number of rotatable bonds is 4. The van der Waals surface area contributed by atoms with Crippen LogP contribution in [0.15, 0.2) is 160 Å². The van der Waals surface area contributed by atoms with Crippen molar-refractivity contribution < 1.29 is 8.83 Å². The molecule has 2 aromatic heterocycles. The average molecular weight is 552 g/mol. The summed E-state index contributed by atoms with van der Waals surface area (Å²) in [6, 6.07) is 53.2. The topological polar surface area (TPSA) is 29.5 Å². The van der Waals surface area contributed by atoms with E-state index in [0.29, 0.717) is 0 Å². The van der Waals surface area contributed by atoms with Crippen molar-refractivity contribution in [1.82, 2.24) is 0 Å². The van der Waals surface area contributed by atoms with Gasteiger partial charge in [-0.3, -0.25) is 0 Å².